The topological polar surface area (TPSA) is 68.3 Å². The van der Waals surface area contributed by atoms with Crippen molar-refractivity contribution in [3.8, 4) is 16.9 Å². The van der Waals surface area contributed by atoms with Gasteiger partial charge in [-0.15, -0.1) is 0 Å². The number of carbonyl (C=O) groups is 1. The van der Waals surface area contributed by atoms with Gasteiger partial charge in [-0.3, -0.25) is 4.79 Å². The predicted molar refractivity (Wildman–Crippen MR) is 112 cm³/mol. The molecule has 4 rings (SSSR count). The van der Waals surface area contributed by atoms with Crippen LogP contribution >= 0.6 is 0 Å². The maximum Gasteiger partial charge on any atom is 0.272 e. The summed E-state index contributed by atoms with van der Waals surface area (Å²) in [5.74, 6) is 0.819. The summed E-state index contributed by atoms with van der Waals surface area (Å²) >= 11 is 0. The highest BCUT2D eigenvalue weighted by Gasteiger charge is 2.20. The summed E-state index contributed by atoms with van der Waals surface area (Å²) in [4.78, 5) is 23.2. The summed E-state index contributed by atoms with van der Waals surface area (Å²) in [7, 11) is 0. The van der Waals surface area contributed by atoms with E-state index >= 15 is 0 Å². The smallest absolute Gasteiger partial charge is 0.272 e. The second kappa shape index (κ2) is 8.26. The average molecular weight is 388 g/mol. The molecular formula is C22H24N6O. The minimum Gasteiger partial charge on any atom is -0.338 e. The number of hydrogen-bond donors (Lipinski definition) is 0. The van der Waals surface area contributed by atoms with Gasteiger partial charge in [-0.05, 0) is 37.6 Å². The van der Waals surface area contributed by atoms with Crippen LogP contribution in [0.5, 0.6) is 0 Å². The van der Waals surface area contributed by atoms with Crippen LogP contribution in [0.4, 0.5) is 0 Å². The Morgan fingerprint density at radius 3 is 2.59 bits per heavy atom. The van der Waals surface area contributed by atoms with Gasteiger partial charge in [-0.25, -0.2) is 14.6 Å². The molecule has 4 aromatic heterocycles. The third kappa shape index (κ3) is 3.63. The van der Waals surface area contributed by atoms with Crippen molar-refractivity contribution in [2.45, 2.75) is 26.7 Å². The highest BCUT2D eigenvalue weighted by molar-refractivity contribution is 5.93. The van der Waals surface area contributed by atoms with Gasteiger partial charge >= 0.3 is 0 Å². The first kappa shape index (κ1) is 18.9. The molecule has 4 aromatic rings. The van der Waals surface area contributed by atoms with Crippen molar-refractivity contribution in [3.63, 3.8) is 0 Å². The molecule has 0 saturated heterocycles. The van der Waals surface area contributed by atoms with Crippen LogP contribution in [0.15, 0.2) is 61.4 Å². The largest absolute Gasteiger partial charge is 0.338 e. The van der Waals surface area contributed by atoms with Crippen molar-refractivity contribution >= 4 is 11.4 Å². The van der Waals surface area contributed by atoms with Gasteiger partial charge < -0.3 is 9.30 Å². The molecule has 29 heavy (non-hydrogen) atoms. The van der Waals surface area contributed by atoms with Crippen molar-refractivity contribution in [1.29, 1.82) is 0 Å². The Hall–Kier alpha value is -3.48. The van der Waals surface area contributed by atoms with E-state index in [2.05, 4.69) is 22.0 Å². The van der Waals surface area contributed by atoms with Crippen LogP contribution in [0.25, 0.3) is 22.5 Å². The molecule has 0 aliphatic rings. The summed E-state index contributed by atoms with van der Waals surface area (Å²) in [5, 5.41) is 4.45. The molecule has 0 spiro atoms. The number of hydrogen-bond acceptors (Lipinski definition) is 4. The Labute approximate surface area is 169 Å². The summed E-state index contributed by atoms with van der Waals surface area (Å²) in [5.41, 5.74) is 3.51. The lowest BCUT2D eigenvalue weighted by atomic mass is 10.1. The van der Waals surface area contributed by atoms with Crippen LogP contribution in [-0.2, 0) is 0 Å². The number of rotatable bonds is 7. The third-order valence-corrected chi connectivity index (χ3v) is 5.05. The number of fused-ring (bicyclic) bond motifs is 1. The van der Waals surface area contributed by atoms with E-state index in [1.165, 1.54) is 6.33 Å². The molecule has 0 atom stereocenters. The van der Waals surface area contributed by atoms with E-state index in [1.807, 2.05) is 46.7 Å². The summed E-state index contributed by atoms with van der Waals surface area (Å²) in [6, 6.07) is 9.86. The molecule has 0 aliphatic heterocycles. The molecule has 0 bridgehead atoms. The quantitative estimate of drug-likeness (QED) is 0.482. The fraction of sp³-hybridized carbons (Fsp3) is 0.273. The SMILES string of the molecule is CCCCN(CC)C(=O)c1ccnn1-c1ccc2ccc(-c3cncnc3)cn12. The maximum absolute atomic E-state index is 13.1. The summed E-state index contributed by atoms with van der Waals surface area (Å²) in [6.07, 6.45) is 10.8. The minimum atomic E-state index is 0.000939. The number of aromatic nitrogens is 5. The zero-order chi connectivity index (χ0) is 20.2. The van der Waals surface area contributed by atoms with Gasteiger partial charge in [-0.1, -0.05) is 19.4 Å². The highest BCUT2D eigenvalue weighted by atomic mass is 16.2. The van der Waals surface area contributed by atoms with Crippen molar-refractivity contribution in [3.05, 3.63) is 67.1 Å². The average Bonchev–Trinajstić information content (AvgIpc) is 3.41. The first-order valence-electron chi connectivity index (χ1n) is 9.93. The normalized spacial score (nSPS) is 11.1. The lowest BCUT2D eigenvalue weighted by molar-refractivity contribution is 0.0753. The first-order valence-corrected chi connectivity index (χ1v) is 9.93. The molecule has 0 saturated carbocycles. The van der Waals surface area contributed by atoms with E-state index in [1.54, 1.807) is 29.3 Å². The summed E-state index contributed by atoms with van der Waals surface area (Å²) in [6.45, 7) is 5.57. The van der Waals surface area contributed by atoms with Crippen LogP contribution in [0.1, 0.15) is 37.2 Å². The summed E-state index contributed by atoms with van der Waals surface area (Å²) < 4.78 is 3.75. The monoisotopic (exact) mass is 388 g/mol. The molecule has 148 valence electrons. The highest BCUT2D eigenvalue weighted by Crippen LogP contribution is 2.23. The fourth-order valence-electron chi connectivity index (χ4n) is 3.44. The minimum absolute atomic E-state index is 0.000939. The lowest BCUT2D eigenvalue weighted by Crippen LogP contribution is -2.33. The standard InChI is InChI=1S/C22H24N6O/c1-3-5-12-26(4-2)22(29)20-10-11-25-28(20)21-9-8-19-7-6-17(15-27(19)21)18-13-23-16-24-14-18/h6-11,13-16H,3-5,12H2,1-2H3. The predicted octanol–water partition coefficient (Wildman–Crippen LogP) is 3.84. The van der Waals surface area contributed by atoms with Crippen molar-refractivity contribution < 1.29 is 4.79 Å². The fourth-order valence-corrected chi connectivity index (χ4v) is 3.44. The van der Waals surface area contributed by atoms with Gasteiger partial charge in [0.1, 0.15) is 17.8 Å². The second-order valence-corrected chi connectivity index (χ2v) is 6.90. The Kier molecular flexibility index (Phi) is 5.37. The number of pyridine rings is 1. The van der Waals surface area contributed by atoms with Crippen LogP contribution in [0.2, 0.25) is 0 Å². The van der Waals surface area contributed by atoms with Crippen molar-refractivity contribution in [2.75, 3.05) is 13.1 Å². The van der Waals surface area contributed by atoms with Gasteiger partial charge in [-0.2, -0.15) is 5.10 Å². The molecule has 0 radical (unpaired) electrons. The van der Waals surface area contributed by atoms with Crippen LogP contribution in [0.3, 0.4) is 0 Å². The Morgan fingerprint density at radius 2 is 1.83 bits per heavy atom. The number of amides is 1. The van der Waals surface area contributed by atoms with Crippen LogP contribution in [-0.4, -0.2) is 48.0 Å². The molecule has 7 nitrogen and oxygen atoms in total. The van der Waals surface area contributed by atoms with Crippen LogP contribution in [0, 0.1) is 0 Å². The van der Waals surface area contributed by atoms with Gasteiger partial charge in [0.05, 0.1) is 6.20 Å². The molecular weight excluding hydrogens is 364 g/mol. The number of unbranched alkanes of at least 4 members (excludes halogenated alkanes) is 1. The van der Waals surface area contributed by atoms with Crippen LogP contribution < -0.4 is 0 Å². The molecule has 0 unspecified atom stereocenters. The van der Waals surface area contributed by atoms with E-state index in [0.717, 1.165) is 41.8 Å². The molecule has 4 heterocycles. The van der Waals surface area contributed by atoms with E-state index in [9.17, 15) is 4.79 Å². The van der Waals surface area contributed by atoms with E-state index in [-0.39, 0.29) is 5.91 Å². The Balaban J connectivity index is 1.75. The van der Waals surface area contributed by atoms with Crippen molar-refractivity contribution in [1.82, 2.24) is 29.0 Å². The Morgan fingerprint density at radius 1 is 1.03 bits per heavy atom. The lowest BCUT2D eigenvalue weighted by Gasteiger charge is -2.21. The van der Waals surface area contributed by atoms with Crippen molar-refractivity contribution in [2.24, 2.45) is 0 Å². The van der Waals surface area contributed by atoms with E-state index < -0.39 is 0 Å². The van der Waals surface area contributed by atoms with E-state index in [4.69, 9.17) is 0 Å². The molecule has 1 amide bonds. The Bertz CT molecular complexity index is 1110. The molecule has 0 N–H and O–H groups in total. The number of nitrogens with zero attached hydrogens (tertiary/aromatic N) is 6. The molecule has 0 fully saturated rings. The van der Waals surface area contributed by atoms with Gasteiger partial charge in [0.25, 0.3) is 5.91 Å². The zero-order valence-electron chi connectivity index (χ0n) is 16.7. The third-order valence-electron chi connectivity index (χ3n) is 5.05. The second-order valence-electron chi connectivity index (χ2n) is 6.90. The van der Waals surface area contributed by atoms with E-state index in [0.29, 0.717) is 12.2 Å². The van der Waals surface area contributed by atoms with Gasteiger partial charge in [0, 0.05) is 48.3 Å². The molecule has 0 aromatic carbocycles. The first-order chi connectivity index (χ1) is 14.2. The molecule has 7 heteroatoms. The maximum atomic E-state index is 13.1. The molecule has 0 aliphatic carbocycles. The van der Waals surface area contributed by atoms with Gasteiger partial charge in [0.15, 0.2) is 0 Å². The zero-order valence-corrected chi connectivity index (χ0v) is 16.7. The number of carbonyl (C=O) groups excluding carboxylic acids is 1. The van der Waals surface area contributed by atoms with Gasteiger partial charge in [0.2, 0.25) is 0 Å².